The van der Waals surface area contributed by atoms with Crippen molar-refractivity contribution in [1.29, 1.82) is 0 Å². The van der Waals surface area contributed by atoms with Crippen LogP contribution in [0.15, 0.2) is 78.9 Å². The molecule has 0 saturated carbocycles. The van der Waals surface area contributed by atoms with Crippen LogP contribution in [0.5, 0.6) is 5.75 Å². The van der Waals surface area contributed by atoms with E-state index in [0.717, 1.165) is 16.5 Å². The molecule has 0 aliphatic rings. The van der Waals surface area contributed by atoms with Crippen LogP contribution >= 0.6 is 0 Å². The lowest BCUT2D eigenvalue weighted by atomic mass is 10.1. The number of aromatic nitrogens is 1. The van der Waals surface area contributed by atoms with Gasteiger partial charge in [0.2, 0.25) is 5.91 Å². The maximum atomic E-state index is 13.2. The lowest BCUT2D eigenvalue weighted by molar-refractivity contribution is 0.0994. The molecule has 150 valence electrons. The minimum atomic E-state index is -0.577. The van der Waals surface area contributed by atoms with Gasteiger partial charge in [0.25, 0.3) is 5.91 Å². The zero-order valence-electron chi connectivity index (χ0n) is 16.5. The molecular formula is C24H21N3O3. The van der Waals surface area contributed by atoms with Crippen molar-refractivity contribution < 1.29 is 14.3 Å². The van der Waals surface area contributed by atoms with Crippen molar-refractivity contribution in [3.8, 4) is 5.75 Å². The number of benzene rings is 3. The van der Waals surface area contributed by atoms with Gasteiger partial charge >= 0.3 is 0 Å². The van der Waals surface area contributed by atoms with Crippen molar-refractivity contribution in [1.82, 2.24) is 4.57 Å². The molecule has 0 unspecified atom stereocenters. The zero-order valence-corrected chi connectivity index (χ0v) is 16.5. The second-order valence-corrected chi connectivity index (χ2v) is 6.89. The monoisotopic (exact) mass is 399 g/mol. The minimum Gasteiger partial charge on any atom is -0.495 e. The van der Waals surface area contributed by atoms with E-state index in [0.29, 0.717) is 23.7 Å². The average Bonchev–Trinajstić information content (AvgIpc) is 3.13. The number of ether oxygens (including phenoxy) is 1. The molecule has 2 amide bonds. The maximum absolute atomic E-state index is 13.2. The van der Waals surface area contributed by atoms with E-state index in [9.17, 15) is 9.59 Å². The standard InChI is InChI=1S/C24H21N3O3/c1-30-22-12-11-18(23(25)28)13-19(22)26-24(29)21-14-17-9-5-6-10-20(17)27(21)15-16-7-3-2-4-8-16/h2-14H,15H2,1H3,(H2,25,28)(H,26,29). The molecule has 0 aliphatic heterocycles. The topological polar surface area (TPSA) is 86.3 Å². The molecule has 0 saturated heterocycles. The highest BCUT2D eigenvalue weighted by atomic mass is 16.5. The van der Waals surface area contributed by atoms with Gasteiger partial charge in [-0.1, -0.05) is 48.5 Å². The third-order valence-corrected chi connectivity index (χ3v) is 4.96. The first-order chi connectivity index (χ1) is 14.6. The van der Waals surface area contributed by atoms with Gasteiger partial charge in [0.1, 0.15) is 11.4 Å². The predicted octanol–water partition coefficient (Wildman–Crippen LogP) is 4.05. The second-order valence-electron chi connectivity index (χ2n) is 6.89. The summed E-state index contributed by atoms with van der Waals surface area (Å²) < 4.78 is 7.30. The molecule has 3 aromatic carbocycles. The fraction of sp³-hybridized carbons (Fsp3) is 0.0833. The van der Waals surface area contributed by atoms with Gasteiger partial charge in [-0.05, 0) is 35.9 Å². The highest BCUT2D eigenvalue weighted by Crippen LogP contribution is 2.27. The summed E-state index contributed by atoms with van der Waals surface area (Å²) >= 11 is 0. The third kappa shape index (κ3) is 3.75. The van der Waals surface area contributed by atoms with E-state index in [1.54, 1.807) is 12.1 Å². The minimum absolute atomic E-state index is 0.288. The van der Waals surface area contributed by atoms with Gasteiger partial charge in [0, 0.05) is 23.0 Å². The normalized spacial score (nSPS) is 10.7. The number of primary amides is 1. The predicted molar refractivity (Wildman–Crippen MR) is 117 cm³/mol. The summed E-state index contributed by atoms with van der Waals surface area (Å²) in [5.41, 5.74) is 8.61. The van der Waals surface area contributed by atoms with Crippen molar-refractivity contribution in [3.63, 3.8) is 0 Å². The first-order valence-electron chi connectivity index (χ1n) is 9.48. The Balaban J connectivity index is 1.74. The molecule has 0 atom stereocenters. The Labute approximate surface area is 173 Å². The number of fused-ring (bicyclic) bond motifs is 1. The maximum Gasteiger partial charge on any atom is 0.272 e. The highest BCUT2D eigenvalue weighted by molar-refractivity contribution is 6.07. The van der Waals surface area contributed by atoms with Gasteiger partial charge in [-0.15, -0.1) is 0 Å². The summed E-state index contributed by atoms with van der Waals surface area (Å²) in [5.74, 6) is -0.438. The number of amides is 2. The van der Waals surface area contributed by atoms with Crippen molar-refractivity contribution in [2.45, 2.75) is 6.54 Å². The molecule has 1 heterocycles. The van der Waals surface area contributed by atoms with E-state index in [1.807, 2.05) is 65.2 Å². The van der Waals surface area contributed by atoms with Crippen LogP contribution in [0.1, 0.15) is 26.4 Å². The molecule has 0 fully saturated rings. The molecule has 0 bridgehead atoms. The number of nitrogens with zero attached hydrogens (tertiary/aromatic N) is 1. The van der Waals surface area contributed by atoms with Crippen LogP contribution in [-0.4, -0.2) is 23.5 Å². The Morgan fingerprint density at radius 1 is 0.967 bits per heavy atom. The third-order valence-electron chi connectivity index (χ3n) is 4.96. The number of hydrogen-bond donors (Lipinski definition) is 2. The number of carbonyl (C=O) groups excluding carboxylic acids is 2. The van der Waals surface area contributed by atoms with E-state index in [-0.39, 0.29) is 11.5 Å². The van der Waals surface area contributed by atoms with Crippen LogP contribution in [0.4, 0.5) is 5.69 Å². The van der Waals surface area contributed by atoms with Gasteiger partial charge in [-0.2, -0.15) is 0 Å². The Bertz CT molecular complexity index is 1230. The molecule has 6 heteroatoms. The van der Waals surface area contributed by atoms with E-state index in [1.165, 1.54) is 13.2 Å². The van der Waals surface area contributed by atoms with Crippen LogP contribution in [0.2, 0.25) is 0 Å². The largest absolute Gasteiger partial charge is 0.495 e. The summed E-state index contributed by atoms with van der Waals surface area (Å²) in [4.78, 5) is 24.8. The summed E-state index contributed by atoms with van der Waals surface area (Å²) in [5, 5.41) is 3.84. The number of hydrogen-bond acceptors (Lipinski definition) is 3. The number of rotatable bonds is 6. The smallest absolute Gasteiger partial charge is 0.272 e. The first-order valence-corrected chi connectivity index (χ1v) is 9.48. The Morgan fingerprint density at radius 2 is 1.70 bits per heavy atom. The van der Waals surface area contributed by atoms with Gasteiger partial charge in [0.15, 0.2) is 0 Å². The van der Waals surface area contributed by atoms with Crippen LogP contribution in [0, 0.1) is 0 Å². The molecule has 4 aromatic rings. The molecule has 6 nitrogen and oxygen atoms in total. The number of carbonyl (C=O) groups is 2. The van der Waals surface area contributed by atoms with Crippen LogP contribution in [0.3, 0.4) is 0 Å². The first kappa shape index (κ1) is 19.3. The van der Waals surface area contributed by atoms with Crippen LogP contribution in [-0.2, 0) is 6.54 Å². The Hall–Kier alpha value is -4.06. The zero-order chi connectivity index (χ0) is 21.1. The van der Waals surface area contributed by atoms with Gasteiger partial charge in [0.05, 0.1) is 12.8 Å². The molecule has 3 N–H and O–H groups in total. The van der Waals surface area contributed by atoms with E-state index < -0.39 is 5.91 Å². The van der Waals surface area contributed by atoms with Crippen molar-refractivity contribution in [3.05, 3.63) is 95.7 Å². The molecule has 0 aliphatic carbocycles. The number of nitrogens with two attached hydrogens (primary N) is 1. The SMILES string of the molecule is COc1ccc(C(N)=O)cc1NC(=O)c1cc2ccccc2n1Cc1ccccc1. The molecule has 30 heavy (non-hydrogen) atoms. The van der Waals surface area contributed by atoms with E-state index in [4.69, 9.17) is 10.5 Å². The lowest BCUT2D eigenvalue weighted by Crippen LogP contribution is -2.19. The van der Waals surface area contributed by atoms with Crippen molar-refractivity contribution in [2.24, 2.45) is 5.73 Å². The number of nitrogens with one attached hydrogen (secondary N) is 1. The molecular weight excluding hydrogens is 378 g/mol. The summed E-state index contributed by atoms with van der Waals surface area (Å²) in [7, 11) is 1.50. The van der Waals surface area contributed by atoms with Crippen molar-refractivity contribution >= 4 is 28.4 Å². The Kier molecular flexibility index (Phi) is 5.22. The molecule has 0 spiro atoms. The average molecular weight is 399 g/mol. The fourth-order valence-electron chi connectivity index (χ4n) is 3.48. The van der Waals surface area contributed by atoms with E-state index in [2.05, 4.69) is 5.32 Å². The summed E-state index contributed by atoms with van der Waals surface area (Å²) in [6.07, 6.45) is 0. The summed E-state index contributed by atoms with van der Waals surface area (Å²) in [6, 6.07) is 24.3. The van der Waals surface area contributed by atoms with Crippen molar-refractivity contribution in [2.75, 3.05) is 12.4 Å². The number of methoxy groups -OCH3 is 1. The lowest BCUT2D eigenvalue weighted by Gasteiger charge is -2.14. The van der Waals surface area contributed by atoms with Gasteiger partial charge < -0.3 is 20.4 Å². The summed E-state index contributed by atoms with van der Waals surface area (Å²) in [6.45, 7) is 0.551. The second kappa shape index (κ2) is 8.13. The van der Waals surface area contributed by atoms with Gasteiger partial charge in [-0.25, -0.2) is 0 Å². The number of para-hydroxylation sites is 1. The molecule has 1 aromatic heterocycles. The van der Waals surface area contributed by atoms with E-state index >= 15 is 0 Å². The molecule has 0 radical (unpaired) electrons. The quantitative estimate of drug-likeness (QED) is 0.513. The van der Waals surface area contributed by atoms with Crippen LogP contribution in [0.25, 0.3) is 10.9 Å². The van der Waals surface area contributed by atoms with Crippen LogP contribution < -0.4 is 15.8 Å². The molecule has 4 rings (SSSR count). The highest BCUT2D eigenvalue weighted by Gasteiger charge is 2.18. The fourth-order valence-corrected chi connectivity index (χ4v) is 3.48. The Morgan fingerprint density at radius 3 is 2.43 bits per heavy atom. The number of anilines is 1. The van der Waals surface area contributed by atoms with Gasteiger partial charge in [-0.3, -0.25) is 9.59 Å².